The van der Waals surface area contributed by atoms with E-state index in [4.69, 9.17) is 0 Å². The van der Waals surface area contributed by atoms with Crippen molar-refractivity contribution in [3.63, 3.8) is 0 Å². The SMILES string of the molecule is C1=CN(Nc2ccccc2)Cc2cnccc21. The van der Waals surface area contributed by atoms with Crippen LogP contribution >= 0.6 is 0 Å². The first-order chi connectivity index (χ1) is 8.42. The number of nitrogens with one attached hydrogen (secondary N) is 1. The number of nitrogens with zero attached hydrogens (tertiary/aromatic N) is 2. The molecule has 2 heterocycles. The summed E-state index contributed by atoms with van der Waals surface area (Å²) in [6.45, 7) is 0.828. The molecule has 3 nitrogen and oxygen atoms in total. The molecule has 0 bridgehead atoms. The van der Waals surface area contributed by atoms with Crippen LogP contribution in [0.15, 0.2) is 55.0 Å². The Labute approximate surface area is 100 Å². The average Bonchev–Trinajstić information content (AvgIpc) is 2.40. The van der Waals surface area contributed by atoms with E-state index in [1.54, 1.807) is 0 Å². The van der Waals surface area contributed by atoms with Gasteiger partial charge in [-0.3, -0.25) is 15.4 Å². The van der Waals surface area contributed by atoms with Crippen molar-refractivity contribution in [1.29, 1.82) is 0 Å². The van der Waals surface area contributed by atoms with E-state index >= 15 is 0 Å². The van der Waals surface area contributed by atoms with Gasteiger partial charge in [-0.25, -0.2) is 0 Å². The van der Waals surface area contributed by atoms with Crippen molar-refractivity contribution < 1.29 is 0 Å². The van der Waals surface area contributed by atoms with Crippen LogP contribution in [0.2, 0.25) is 0 Å². The molecule has 0 saturated heterocycles. The Balaban J connectivity index is 1.77. The van der Waals surface area contributed by atoms with Crippen molar-refractivity contribution in [2.75, 3.05) is 5.43 Å². The van der Waals surface area contributed by atoms with E-state index in [1.807, 2.05) is 48.8 Å². The van der Waals surface area contributed by atoms with E-state index in [9.17, 15) is 0 Å². The number of rotatable bonds is 2. The van der Waals surface area contributed by atoms with E-state index < -0.39 is 0 Å². The largest absolute Gasteiger partial charge is 0.299 e. The molecule has 1 aromatic heterocycles. The second-order valence-electron chi connectivity index (χ2n) is 4.00. The van der Waals surface area contributed by atoms with E-state index in [2.05, 4.69) is 27.7 Å². The predicted octanol–water partition coefficient (Wildman–Crippen LogP) is 2.90. The molecule has 17 heavy (non-hydrogen) atoms. The van der Waals surface area contributed by atoms with E-state index in [0.717, 1.165) is 12.2 Å². The lowest BCUT2D eigenvalue weighted by Gasteiger charge is -2.26. The van der Waals surface area contributed by atoms with E-state index in [1.165, 1.54) is 11.1 Å². The molecular formula is C14H13N3. The molecular weight excluding hydrogens is 210 g/mol. The van der Waals surface area contributed by atoms with Gasteiger partial charge in [0.25, 0.3) is 0 Å². The standard InChI is InChI=1S/C14H13N3/c1-2-4-14(5-3-1)16-17-9-7-12-6-8-15-10-13(12)11-17/h1-10,16H,11H2. The van der Waals surface area contributed by atoms with Crippen molar-refractivity contribution >= 4 is 11.8 Å². The molecule has 0 fully saturated rings. The summed E-state index contributed by atoms with van der Waals surface area (Å²) in [5.41, 5.74) is 6.90. The van der Waals surface area contributed by atoms with E-state index in [-0.39, 0.29) is 0 Å². The molecule has 2 aromatic rings. The van der Waals surface area contributed by atoms with Gasteiger partial charge in [0.1, 0.15) is 0 Å². The minimum Gasteiger partial charge on any atom is -0.299 e. The summed E-state index contributed by atoms with van der Waals surface area (Å²) >= 11 is 0. The molecule has 0 unspecified atom stereocenters. The molecule has 1 N–H and O–H groups in total. The maximum atomic E-state index is 4.15. The van der Waals surface area contributed by atoms with Gasteiger partial charge in [0.05, 0.1) is 12.2 Å². The van der Waals surface area contributed by atoms with Crippen LogP contribution in [0.4, 0.5) is 5.69 Å². The smallest absolute Gasteiger partial charge is 0.0658 e. The fourth-order valence-corrected chi connectivity index (χ4v) is 1.89. The lowest BCUT2D eigenvalue weighted by molar-refractivity contribution is 0.439. The summed E-state index contributed by atoms with van der Waals surface area (Å²) in [6, 6.07) is 12.2. The average molecular weight is 223 g/mol. The molecule has 3 rings (SSSR count). The molecule has 0 spiro atoms. The van der Waals surface area contributed by atoms with Crippen molar-refractivity contribution in [1.82, 2.24) is 9.99 Å². The van der Waals surface area contributed by atoms with Gasteiger partial charge >= 0.3 is 0 Å². The van der Waals surface area contributed by atoms with Crippen molar-refractivity contribution in [3.8, 4) is 0 Å². The van der Waals surface area contributed by atoms with Gasteiger partial charge in [0.2, 0.25) is 0 Å². The number of pyridine rings is 1. The van der Waals surface area contributed by atoms with Gasteiger partial charge < -0.3 is 0 Å². The van der Waals surface area contributed by atoms with Crippen LogP contribution in [-0.2, 0) is 6.54 Å². The molecule has 0 aliphatic carbocycles. The third-order valence-electron chi connectivity index (χ3n) is 2.76. The van der Waals surface area contributed by atoms with Gasteiger partial charge in [-0.2, -0.15) is 0 Å². The molecule has 84 valence electrons. The van der Waals surface area contributed by atoms with E-state index in [0.29, 0.717) is 0 Å². The molecule has 0 radical (unpaired) electrons. The topological polar surface area (TPSA) is 28.2 Å². The van der Waals surface area contributed by atoms with Crippen LogP contribution in [0.3, 0.4) is 0 Å². The minimum absolute atomic E-state index is 0.828. The summed E-state index contributed by atoms with van der Waals surface area (Å²) in [6.07, 6.45) is 7.88. The summed E-state index contributed by atoms with van der Waals surface area (Å²) in [4.78, 5) is 4.15. The van der Waals surface area contributed by atoms with Crippen LogP contribution in [0.25, 0.3) is 6.08 Å². The number of hydrogen-bond donors (Lipinski definition) is 1. The first-order valence-electron chi connectivity index (χ1n) is 5.61. The first-order valence-corrected chi connectivity index (χ1v) is 5.61. The highest BCUT2D eigenvalue weighted by Crippen LogP contribution is 2.19. The Bertz CT molecular complexity index is 534. The maximum absolute atomic E-state index is 4.15. The minimum atomic E-state index is 0.828. The fourth-order valence-electron chi connectivity index (χ4n) is 1.89. The third-order valence-corrected chi connectivity index (χ3v) is 2.76. The second-order valence-corrected chi connectivity index (χ2v) is 4.00. The van der Waals surface area contributed by atoms with Gasteiger partial charge in [0.15, 0.2) is 0 Å². The summed E-state index contributed by atoms with van der Waals surface area (Å²) < 4.78 is 0. The second kappa shape index (κ2) is 4.29. The van der Waals surface area contributed by atoms with Crippen LogP contribution in [0.5, 0.6) is 0 Å². The summed E-state index contributed by atoms with van der Waals surface area (Å²) in [5.74, 6) is 0. The first kappa shape index (κ1) is 9.90. The highest BCUT2D eigenvalue weighted by Gasteiger charge is 2.09. The number of benzene rings is 1. The number of para-hydroxylation sites is 1. The normalized spacial score (nSPS) is 13.3. The van der Waals surface area contributed by atoms with Crippen molar-refractivity contribution in [2.45, 2.75) is 6.54 Å². The van der Waals surface area contributed by atoms with Crippen LogP contribution in [0, 0.1) is 0 Å². The molecule has 1 aromatic carbocycles. The number of fused-ring (bicyclic) bond motifs is 1. The van der Waals surface area contributed by atoms with Crippen molar-refractivity contribution in [2.24, 2.45) is 0 Å². The zero-order valence-electron chi connectivity index (χ0n) is 9.38. The number of aromatic nitrogens is 1. The molecule has 3 heteroatoms. The Hall–Kier alpha value is -2.29. The molecule has 0 amide bonds. The van der Waals surface area contributed by atoms with Gasteiger partial charge in [-0.05, 0) is 35.4 Å². The highest BCUT2D eigenvalue weighted by molar-refractivity contribution is 5.55. The lowest BCUT2D eigenvalue weighted by Crippen LogP contribution is -2.26. The Morgan fingerprint density at radius 2 is 2.00 bits per heavy atom. The summed E-state index contributed by atoms with van der Waals surface area (Å²) in [7, 11) is 0. The Kier molecular flexibility index (Phi) is 2.50. The predicted molar refractivity (Wildman–Crippen MR) is 68.9 cm³/mol. The van der Waals surface area contributed by atoms with Crippen LogP contribution < -0.4 is 5.43 Å². The number of hydrogen-bond acceptors (Lipinski definition) is 3. The monoisotopic (exact) mass is 223 g/mol. The molecule has 0 saturated carbocycles. The van der Waals surface area contributed by atoms with Crippen LogP contribution in [0.1, 0.15) is 11.1 Å². The van der Waals surface area contributed by atoms with Gasteiger partial charge in [0, 0.05) is 18.6 Å². The maximum Gasteiger partial charge on any atom is 0.0658 e. The number of anilines is 1. The lowest BCUT2D eigenvalue weighted by atomic mass is 10.1. The van der Waals surface area contributed by atoms with Gasteiger partial charge in [-0.1, -0.05) is 18.2 Å². The Morgan fingerprint density at radius 3 is 2.88 bits per heavy atom. The molecule has 1 aliphatic rings. The third kappa shape index (κ3) is 2.13. The molecule has 1 aliphatic heterocycles. The fraction of sp³-hybridized carbons (Fsp3) is 0.0714. The Morgan fingerprint density at radius 1 is 1.12 bits per heavy atom. The van der Waals surface area contributed by atoms with Crippen LogP contribution in [-0.4, -0.2) is 9.99 Å². The summed E-state index contributed by atoms with van der Waals surface area (Å²) in [5, 5.41) is 2.05. The zero-order chi connectivity index (χ0) is 11.5. The van der Waals surface area contributed by atoms with Crippen molar-refractivity contribution in [3.05, 3.63) is 66.1 Å². The zero-order valence-corrected chi connectivity index (χ0v) is 9.38. The number of hydrazine groups is 1. The molecule has 0 atom stereocenters. The van der Waals surface area contributed by atoms with Gasteiger partial charge in [-0.15, -0.1) is 0 Å². The quantitative estimate of drug-likeness (QED) is 0.848. The highest BCUT2D eigenvalue weighted by atomic mass is 15.5.